The lowest BCUT2D eigenvalue weighted by Crippen LogP contribution is -2.37. The van der Waals surface area contributed by atoms with Crippen molar-refractivity contribution in [2.24, 2.45) is 0 Å². The zero-order valence-corrected chi connectivity index (χ0v) is 16.4. The summed E-state index contributed by atoms with van der Waals surface area (Å²) < 4.78 is 25.7. The van der Waals surface area contributed by atoms with Gasteiger partial charge in [-0.1, -0.05) is 18.2 Å². The van der Waals surface area contributed by atoms with Gasteiger partial charge in [0.2, 0.25) is 15.9 Å². The summed E-state index contributed by atoms with van der Waals surface area (Å²) in [6.45, 7) is 1.21. The van der Waals surface area contributed by atoms with E-state index in [1.807, 2.05) is 0 Å². The molecule has 0 fully saturated rings. The number of sulfonamides is 1. The summed E-state index contributed by atoms with van der Waals surface area (Å²) in [5.41, 5.74) is 1.03. The Hall–Kier alpha value is -2.46. The van der Waals surface area contributed by atoms with Gasteiger partial charge in [0.25, 0.3) is 5.69 Å². The van der Waals surface area contributed by atoms with Gasteiger partial charge >= 0.3 is 0 Å². The van der Waals surface area contributed by atoms with E-state index in [4.69, 9.17) is 0 Å². The number of nitro benzene ring substituents is 1. The van der Waals surface area contributed by atoms with E-state index >= 15 is 0 Å². The SMILES string of the molecule is Cc1ccc([N+](=O)[O-])cc1NC(=O)CN(c1ccccc1Br)S(C)(=O)=O. The molecule has 0 aliphatic heterocycles. The molecule has 0 heterocycles. The third-order valence-corrected chi connectivity index (χ3v) is 5.31. The standard InChI is InChI=1S/C16H16BrN3O5S/c1-11-7-8-12(20(22)23)9-14(11)18-16(21)10-19(26(2,24)25)15-6-4-3-5-13(15)17/h3-9H,10H2,1-2H3,(H,18,21). The van der Waals surface area contributed by atoms with Gasteiger partial charge in [0.15, 0.2) is 0 Å². The summed E-state index contributed by atoms with van der Waals surface area (Å²) in [6.07, 6.45) is 0.998. The van der Waals surface area contributed by atoms with Crippen LogP contribution in [0.2, 0.25) is 0 Å². The maximum absolute atomic E-state index is 12.4. The first kappa shape index (κ1) is 19.9. The monoisotopic (exact) mass is 441 g/mol. The molecule has 0 bridgehead atoms. The minimum absolute atomic E-state index is 0.170. The van der Waals surface area contributed by atoms with Crippen LogP contribution in [0.5, 0.6) is 0 Å². The Morgan fingerprint density at radius 3 is 2.50 bits per heavy atom. The number of carbonyl (C=O) groups is 1. The Balaban J connectivity index is 2.28. The summed E-state index contributed by atoms with van der Waals surface area (Å²) in [5, 5.41) is 13.4. The van der Waals surface area contributed by atoms with Gasteiger partial charge in [-0.25, -0.2) is 8.42 Å². The first-order chi connectivity index (χ1) is 12.1. The molecule has 0 aliphatic rings. The molecule has 0 saturated heterocycles. The molecule has 0 aliphatic carbocycles. The fourth-order valence-corrected chi connectivity index (χ4v) is 3.70. The average Bonchev–Trinajstić information content (AvgIpc) is 2.54. The van der Waals surface area contributed by atoms with Crippen molar-refractivity contribution >= 4 is 48.9 Å². The second-order valence-electron chi connectivity index (χ2n) is 5.53. The minimum atomic E-state index is -3.73. The average molecular weight is 442 g/mol. The number of hydrogen-bond acceptors (Lipinski definition) is 5. The highest BCUT2D eigenvalue weighted by Gasteiger charge is 2.23. The predicted molar refractivity (Wildman–Crippen MR) is 103 cm³/mol. The number of nitro groups is 1. The van der Waals surface area contributed by atoms with Gasteiger partial charge < -0.3 is 5.32 Å². The number of nitrogens with zero attached hydrogens (tertiary/aromatic N) is 2. The van der Waals surface area contributed by atoms with Gasteiger partial charge in [0, 0.05) is 16.6 Å². The molecule has 1 N–H and O–H groups in total. The van der Waals surface area contributed by atoms with Crippen molar-refractivity contribution in [2.75, 3.05) is 22.4 Å². The number of para-hydroxylation sites is 1. The van der Waals surface area contributed by atoms with Gasteiger partial charge in [-0.2, -0.15) is 0 Å². The molecule has 2 rings (SSSR count). The van der Waals surface area contributed by atoms with Crippen LogP contribution in [-0.2, 0) is 14.8 Å². The highest BCUT2D eigenvalue weighted by atomic mass is 79.9. The zero-order chi connectivity index (χ0) is 19.5. The fourth-order valence-electron chi connectivity index (χ4n) is 2.21. The molecule has 0 saturated carbocycles. The first-order valence-electron chi connectivity index (χ1n) is 7.36. The molecule has 2 aromatic carbocycles. The molecule has 26 heavy (non-hydrogen) atoms. The van der Waals surface area contributed by atoms with Crippen LogP contribution < -0.4 is 9.62 Å². The Morgan fingerprint density at radius 1 is 1.27 bits per heavy atom. The summed E-state index contributed by atoms with van der Waals surface area (Å²) >= 11 is 3.27. The van der Waals surface area contributed by atoms with Crippen LogP contribution in [0.15, 0.2) is 46.9 Å². The quantitative estimate of drug-likeness (QED) is 0.546. The number of halogens is 1. The van der Waals surface area contributed by atoms with Gasteiger partial charge in [0.1, 0.15) is 6.54 Å². The van der Waals surface area contributed by atoms with Crippen LogP contribution in [0, 0.1) is 17.0 Å². The molecule has 0 aromatic heterocycles. The highest BCUT2D eigenvalue weighted by Crippen LogP contribution is 2.28. The van der Waals surface area contributed by atoms with Crippen LogP contribution in [0.25, 0.3) is 0 Å². The third-order valence-electron chi connectivity index (χ3n) is 3.51. The highest BCUT2D eigenvalue weighted by molar-refractivity contribution is 9.10. The third kappa shape index (κ3) is 4.79. The number of hydrogen-bond donors (Lipinski definition) is 1. The smallest absolute Gasteiger partial charge is 0.271 e. The number of nitrogens with one attached hydrogen (secondary N) is 1. The van der Waals surface area contributed by atoms with E-state index in [0.717, 1.165) is 10.6 Å². The Kier molecular flexibility index (Phi) is 5.98. The van der Waals surface area contributed by atoms with Crippen LogP contribution in [0.4, 0.5) is 17.1 Å². The molecule has 138 valence electrons. The van der Waals surface area contributed by atoms with Crippen LogP contribution in [0.3, 0.4) is 0 Å². The van der Waals surface area contributed by atoms with Gasteiger partial charge in [-0.3, -0.25) is 19.2 Å². The number of anilines is 2. The van der Waals surface area contributed by atoms with E-state index in [9.17, 15) is 23.3 Å². The molecule has 10 heteroatoms. The lowest BCUT2D eigenvalue weighted by Gasteiger charge is -2.23. The Labute approximate surface area is 159 Å². The maximum atomic E-state index is 12.4. The summed E-state index contributed by atoms with van der Waals surface area (Å²) in [4.78, 5) is 22.7. The zero-order valence-electron chi connectivity index (χ0n) is 14.0. The van der Waals surface area contributed by atoms with Crippen LogP contribution >= 0.6 is 15.9 Å². The van der Waals surface area contributed by atoms with Crippen molar-refractivity contribution in [2.45, 2.75) is 6.92 Å². The van der Waals surface area contributed by atoms with Crippen LogP contribution in [-0.4, -0.2) is 32.0 Å². The van der Waals surface area contributed by atoms with Crippen molar-refractivity contribution in [1.82, 2.24) is 0 Å². The van der Waals surface area contributed by atoms with Crippen molar-refractivity contribution in [3.63, 3.8) is 0 Å². The van der Waals surface area contributed by atoms with Gasteiger partial charge in [-0.05, 0) is 40.5 Å². The number of benzene rings is 2. The second kappa shape index (κ2) is 7.83. The molecular formula is C16H16BrN3O5S. The van der Waals surface area contributed by atoms with Crippen LogP contribution in [0.1, 0.15) is 5.56 Å². The lowest BCUT2D eigenvalue weighted by molar-refractivity contribution is -0.384. The first-order valence-corrected chi connectivity index (χ1v) is 10.0. The van der Waals surface area contributed by atoms with Gasteiger partial charge in [0.05, 0.1) is 22.6 Å². The van der Waals surface area contributed by atoms with Gasteiger partial charge in [-0.15, -0.1) is 0 Å². The number of rotatable bonds is 6. The molecular weight excluding hydrogens is 426 g/mol. The molecule has 0 radical (unpaired) electrons. The number of carbonyl (C=O) groups excluding carboxylic acids is 1. The molecule has 1 amide bonds. The van der Waals surface area contributed by atoms with E-state index in [1.54, 1.807) is 31.2 Å². The topological polar surface area (TPSA) is 110 Å². The number of amides is 1. The fraction of sp³-hybridized carbons (Fsp3) is 0.188. The second-order valence-corrected chi connectivity index (χ2v) is 8.29. The molecule has 8 nitrogen and oxygen atoms in total. The molecule has 0 spiro atoms. The maximum Gasteiger partial charge on any atom is 0.271 e. The van der Waals surface area contributed by atoms with Crippen molar-refractivity contribution in [3.8, 4) is 0 Å². The Morgan fingerprint density at radius 2 is 1.92 bits per heavy atom. The van der Waals surface area contributed by atoms with E-state index in [2.05, 4.69) is 21.2 Å². The van der Waals surface area contributed by atoms with E-state index in [0.29, 0.717) is 15.7 Å². The van der Waals surface area contributed by atoms with Crippen molar-refractivity contribution in [3.05, 3.63) is 62.6 Å². The lowest BCUT2D eigenvalue weighted by atomic mass is 10.2. The summed E-state index contributed by atoms with van der Waals surface area (Å²) in [6, 6.07) is 10.7. The number of non-ortho nitro benzene ring substituents is 1. The minimum Gasteiger partial charge on any atom is -0.324 e. The normalized spacial score (nSPS) is 11.0. The Bertz CT molecular complexity index is 962. The largest absolute Gasteiger partial charge is 0.324 e. The molecule has 0 atom stereocenters. The molecule has 2 aromatic rings. The van der Waals surface area contributed by atoms with E-state index < -0.39 is 27.4 Å². The van der Waals surface area contributed by atoms with Crippen molar-refractivity contribution in [1.29, 1.82) is 0 Å². The van der Waals surface area contributed by atoms with E-state index in [1.165, 1.54) is 18.2 Å². The van der Waals surface area contributed by atoms with Crippen molar-refractivity contribution < 1.29 is 18.1 Å². The summed E-state index contributed by atoms with van der Waals surface area (Å²) in [7, 11) is -3.73. The molecule has 0 unspecified atom stereocenters. The summed E-state index contributed by atoms with van der Waals surface area (Å²) in [5.74, 6) is -0.616. The number of aryl methyl sites for hydroxylation is 1. The van der Waals surface area contributed by atoms with E-state index in [-0.39, 0.29) is 11.4 Å². The predicted octanol–water partition coefficient (Wildman–Crippen LogP) is 3.07.